The normalized spacial score (nSPS) is 13.0. The Balaban J connectivity index is 2.51. The number of halogens is 1. The summed E-state index contributed by atoms with van der Waals surface area (Å²) in [5.74, 6) is 5.63. The maximum absolute atomic E-state index is 6.12. The van der Waals surface area contributed by atoms with Crippen LogP contribution in [0.25, 0.3) is 0 Å². The van der Waals surface area contributed by atoms with Crippen molar-refractivity contribution in [1.82, 2.24) is 25.0 Å². The van der Waals surface area contributed by atoms with Crippen LogP contribution in [0.4, 0.5) is 0 Å². The molecule has 2 heterocycles. The molecule has 0 spiro atoms. The fourth-order valence-corrected chi connectivity index (χ4v) is 2.24. The number of aryl methyl sites for hydroxylation is 3. The van der Waals surface area contributed by atoms with E-state index >= 15 is 0 Å². The number of nitrogens with one attached hydrogen (secondary N) is 1. The lowest BCUT2D eigenvalue weighted by Crippen LogP contribution is -2.30. The molecule has 3 N–H and O–H groups in total. The monoisotopic (exact) mass is 254 g/mol. The SMILES string of the molecule is Cc1nn(C)cc1C(NN)c1c(Cl)cnn1C. The minimum absolute atomic E-state index is 0.219. The van der Waals surface area contributed by atoms with Gasteiger partial charge < -0.3 is 0 Å². The van der Waals surface area contributed by atoms with Gasteiger partial charge in [-0.3, -0.25) is 15.2 Å². The van der Waals surface area contributed by atoms with Gasteiger partial charge in [-0.15, -0.1) is 0 Å². The minimum atomic E-state index is -0.219. The Labute approximate surface area is 104 Å². The van der Waals surface area contributed by atoms with E-state index in [1.165, 1.54) is 0 Å². The zero-order valence-electron chi connectivity index (χ0n) is 9.98. The van der Waals surface area contributed by atoms with Crippen LogP contribution < -0.4 is 11.3 Å². The van der Waals surface area contributed by atoms with E-state index in [0.29, 0.717) is 5.02 Å². The van der Waals surface area contributed by atoms with Crippen molar-refractivity contribution in [2.24, 2.45) is 19.9 Å². The third kappa shape index (κ3) is 2.06. The number of nitrogens with two attached hydrogens (primary N) is 1. The van der Waals surface area contributed by atoms with Crippen LogP contribution in [0.2, 0.25) is 5.02 Å². The van der Waals surface area contributed by atoms with Crippen LogP contribution in [0.5, 0.6) is 0 Å². The first-order chi connectivity index (χ1) is 8.04. The molecule has 7 heteroatoms. The van der Waals surface area contributed by atoms with Gasteiger partial charge in [0.25, 0.3) is 0 Å². The molecular formula is C10H15ClN6. The molecule has 2 aromatic heterocycles. The largest absolute Gasteiger partial charge is 0.275 e. The van der Waals surface area contributed by atoms with Gasteiger partial charge in [0.2, 0.25) is 0 Å². The van der Waals surface area contributed by atoms with Crippen molar-refractivity contribution in [1.29, 1.82) is 0 Å². The summed E-state index contributed by atoms with van der Waals surface area (Å²) in [6, 6.07) is -0.219. The molecule has 92 valence electrons. The van der Waals surface area contributed by atoms with Gasteiger partial charge in [0, 0.05) is 25.9 Å². The molecule has 2 aromatic rings. The van der Waals surface area contributed by atoms with Crippen LogP contribution in [0, 0.1) is 6.92 Å². The summed E-state index contributed by atoms with van der Waals surface area (Å²) in [7, 11) is 3.70. The van der Waals surface area contributed by atoms with Gasteiger partial charge in [-0.2, -0.15) is 10.2 Å². The first kappa shape index (κ1) is 12.1. The molecule has 6 nitrogen and oxygen atoms in total. The van der Waals surface area contributed by atoms with Crippen molar-refractivity contribution >= 4 is 11.6 Å². The first-order valence-electron chi connectivity index (χ1n) is 5.18. The lowest BCUT2D eigenvalue weighted by Gasteiger charge is -2.16. The molecule has 0 aliphatic rings. The van der Waals surface area contributed by atoms with E-state index in [-0.39, 0.29) is 6.04 Å². The highest BCUT2D eigenvalue weighted by Crippen LogP contribution is 2.28. The van der Waals surface area contributed by atoms with E-state index < -0.39 is 0 Å². The van der Waals surface area contributed by atoms with Gasteiger partial charge in [0.1, 0.15) is 0 Å². The van der Waals surface area contributed by atoms with Gasteiger partial charge in [-0.1, -0.05) is 11.6 Å². The minimum Gasteiger partial charge on any atom is -0.275 e. The second-order valence-electron chi connectivity index (χ2n) is 3.94. The molecule has 0 fully saturated rings. The van der Waals surface area contributed by atoms with Gasteiger partial charge in [-0.05, 0) is 6.92 Å². The van der Waals surface area contributed by atoms with Crippen LogP contribution in [0.3, 0.4) is 0 Å². The van der Waals surface area contributed by atoms with Gasteiger partial charge in [-0.25, -0.2) is 5.43 Å². The molecule has 1 atom stereocenters. The average Bonchev–Trinajstić information content (AvgIpc) is 2.76. The summed E-state index contributed by atoms with van der Waals surface area (Å²) in [6.45, 7) is 1.93. The Morgan fingerprint density at radius 2 is 2.18 bits per heavy atom. The molecule has 0 amide bonds. The van der Waals surface area contributed by atoms with Gasteiger partial charge >= 0.3 is 0 Å². The summed E-state index contributed by atoms with van der Waals surface area (Å²) in [4.78, 5) is 0. The second kappa shape index (κ2) is 4.48. The van der Waals surface area contributed by atoms with Crippen LogP contribution >= 0.6 is 11.6 Å². The smallest absolute Gasteiger partial charge is 0.0926 e. The fourth-order valence-electron chi connectivity index (χ4n) is 1.96. The Bertz CT molecular complexity index is 509. The van der Waals surface area contributed by atoms with Crippen molar-refractivity contribution in [3.05, 3.63) is 34.4 Å². The topological polar surface area (TPSA) is 73.7 Å². The van der Waals surface area contributed by atoms with E-state index in [4.69, 9.17) is 17.4 Å². The van der Waals surface area contributed by atoms with E-state index in [1.54, 1.807) is 15.6 Å². The molecule has 0 radical (unpaired) electrons. The molecule has 0 aliphatic heterocycles. The van der Waals surface area contributed by atoms with Crippen LogP contribution in [0.1, 0.15) is 23.0 Å². The van der Waals surface area contributed by atoms with Gasteiger partial charge in [0.05, 0.1) is 28.6 Å². The van der Waals surface area contributed by atoms with Crippen LogP contribution in [-0.2, 0) is 14.1 Å². The Kier molecular flexibility index (Phi) is 3.19. The fraction of sp³-hybridized carbons (Fsp3) is 0.400. The first-order valence-corrected chi connectivity index (χ1v) is 5.56. The van der Waals surface area contributed by atoms with E-state index in [0.717, 1.165) is 17.0 Å². The molecule has 0 saturated carbocycles. The predicted octanol–water partition coefficient (Wildman–Crippen LogP) is 0.668. The third-order valence-electron chi connectivity index (χ3n) is 2.74. The lowest BCUT2D eigenvalue weighted by molar-refractivity contribution is 0.573. The van der Waals surface area contributed by atoms with Crippen molar-refractivity contribution in [2.45, 2.75) is 13.0 Å². The molecule has 1 unspecified atom stereocenters. The molecule has 2 rings (SSSR count). The maximum atomic E-state index is 6.12. The van der Waals surface area contributed by atoms with Crippen molar-refractivity contribution in [2.75, 3.05) is 0 Å². The molecule has 0 saturated heterocycles. The summed E-state index contributed by atoms with van der Waals surface area (Å²) in [6.07, 6.45) is 3.52. The zero-order chi connectivity index (χ0) is 12.6. The van der Waals surface area contributed by atoms with E-state index in [2.05, 4.69) is 15.6 Å². The van der Waals surface area contributed by atoms with Crippen molar-refractivity contribution in [3.63, 3.8) is 0 Å². The molecule has 0 bridgehead atoms. The zero-order valence-corrected chi connectivity index (χ0v) is 10.7. The Morgan fingerprint density at radius 1 is 1.47 bits per heavy atom. The standard InChI is InChI=1S/C10H15ClN6/c1-6-7(5-16(2)15-6)9(14-12)10-8(11)4-13-17(10)3/h4-5,9,14H,12H2,1-3H3. The van der Waals surface area contributed by atoms with Crippen LogP contribution in [0.15, 0.2) is 12.4 Å². The van der Waals surface area contributed by atoms with E-state index in [1.807, 2.05) is 27.2 Å². The number of hydrogen-bond donors (Lipinski definition) is 2. The molecule has 0 aromatic carbocycles. The highest BCUT2D eigenvalue weighted by molar-refractivity contribution is 6.31. The van der Waals surface area contributed by atoms with Gasteiger partial charge in [0.15, 0.2) is 0 Å². The summed E-state index contributed by atoms with van der Waals surface area (Å²) >= 11 is 6.12. The van der Waals surface area contributed by atoms with Crippen molar-refractivity contribution in [3.8, 4) is 0 Å². The third-order valence-corrected chi connectivity index (χ3v) is 3.03. The summed E-state index contributed by atoms with van der Waals surface area (Å²) < 4.78 is 3.46. The Morgan fingerprint density at radius 3 is 2.59 bits per heavy atom. The quantitative estimate of drug-likeness (QED) is 0.624. The molecule has 0 aliphatic carbocycles. The number of hydrazine groups is 1. The maximum Gasteiger partial charge on any atom is 0.0926 e. The molecular weight excluding hydrogens is 240 g/mol. The number of hydrogen-bond acceptors (Lipinski definition) is 4. The second-order valence-corrected chi connectivity index (χ2v) is 4.35. The lowest BCUT2D eigenvalue weighted by atomic mass is 10.1. The molecule has 17 heavy (non-hydrogen) atoms. The number of nitrogens with zero attached hydrogens (tertiary/aromatic N) is 4. The van der Waals surface area contributed by atoms with Crippen molar-refractivity contribution < 1.29 is 0 Å². The summed E-state index contributed by atoms with van der Waals surface area (Å²) in [5.41, 5.74) is 5.48. The summed E-state index contributed by atoms with van der Waals surface area (Å²) in [5, 5.41) is 8.99. The predicted molar refractivity (Wildman–Crippen MR) is 65.3 cm³/mol. The van der Waals surface area contributed by atoms with E-state index in [9.17, 15) is 0 Å². The average molecular weight is 255 g/mol. The highest BCUT2D eigenvalue weighted by atomic mass is 35.5. The number of rotatable bonds is 3. The van der Waals surface area contributed by atoms with Crippen LogP contribution in [-0.4, -0.2) is 19.6 Å². The highest BCUT2D eigenvalue weighted by Gasteiger charge is 2.23. The number of aromatic nitrogens is 4. The Hall–Kier alpha value is -1.37.